The van der Waals surface area contributed by atoms with Crippen LogP contribution in [-0.2, 0) is 4.79 Å². The summed E-state index contributed by atoms with van der Waals surface area (Å²) in [6.07, 6.45) is 2.82. The van der Waals surface area contributed by atoms with Crippen molar-refractivity contribution in [3.63, 3.8) is 0 Å². The molecule has 0 aromatic heterocycles. The van der Waals surface area contributed by atoms with Crippen LogP contribution in [0.15, 0.2) is 22.8 Å². The van der Waals surface area contributed by atoms with Crippen LogP contribution in [0.1, 0.15) is 41.5 Å². The summed E-state index contributed by atoms with van der Waals surface area (Å²) in [7, 11) is 0. The van der Waals surface area contributed by atoms with E-state index in [9.17, 15) is 10.1 Å². The summed E-state index contributed by atoms with van der Waals surface area (Å²) in [4.78, 5) is 10.8. The van der Waals surface area contributed by atoms with E-state index < -0.39 is 0 Å². The quantitative estimate of drug-likeness (QED) is 0.413. The fraction of sp³-hybridized carbons (Fsp3) is 0.571. The highest BCUT2D eigenvalue weighted by molar-refractivity contribution is 5.62. The Balaban J connectivity index is 5.80. The predicted molar refractivity (Wildman–Crippen MR) is 66.8 cm³/mol. The Morgan fingerprint density at radius 1 is 1.31 bits per heavy atom. The average Bonchev–Trinajstić information content (AvgIpc) is 2.15. The summed E-state index contributed by atoms with van der Waals surface area (Å²) in [6.45, 7) is 11.9. The number of nitrogens with zero attached hydrogens (tertiary/aromatic N) is 1. The highest BCUT2D eigenvalue weighted by atomic mass is 16.1. The minimum Gasteiger partial charge on any atom is -0.303 e. The van der Waals surface area contributed by atoms with Gasteiger partial charge < -0.3 is 4.79 Å². The Hall–Kier alpha value is -1.36. The first kappa shape index (κ1) is 14.6. The molecule has 0 saturated carbocycles. The van der Waals surface area contributed by atoms with Gasteiger partial charge >= 0.3 is 0 Å². The van der Waals surface area contributed by atoms with Crippen LogP contribution in [0, 0.1) is 22.7 Å². The largest absolute Gasteiger partial charge is 0.303 e. The summed E-state index contributed by atoms with van der Waals surface area (Å²) in [6, 6.07) is 2.17. The molecule has 0 unspecified atom stereocenters. The van der Waals surface area contributed by atoms with Gasteiger partial charge in [0.05, 0.1) is 6.07 Å². The van der Waals surface area contributed by atoms with Crippen molar-refractivity contribution >= 4 is 6.29 Å². The Bertz CT molecular complexity index is 357. The standard InChI is InChI=1S/C14H21NO/c1-10(2)7-13(14(4,5)6)12(8-15)11(3)9-16/h7,9,11H,1-6H3/b13-12+/t11-/m0/s1. The van der Waals surface area contributed by atoms with Gasteiger partial charge in [0, 0.05) is 11.5 Å². The molecule has 16 heavy (non-hydrogen) atoms. The zero-order valence-electron chi connectivity index (χ0n) is 11.1. The SMILES string of the molecule is CC(C)=C/C(=C(/C#N)[C@@H](C)C=O)C(C)(C)C. The summed E-state index contributed by atoms with van der Waals surface area (Å²) in [5.41, 5.74) is 2.54. The molecular weight excluding hydrogens is 198 g/mol. The average molecular weight is 219 g/mol. The van der Waals surface area contributed by atoms with Crippen molar-refractivity contribution in [2.45, 2.75) is 41.5 Å². The Morgan fingerprint density at radius 2 is 1.81 bits per heavy atom. The highest BCUT2D eigenvalue weighted by Gasteiger charge is 2.22. The van der Waals surface area contributed by atoms with Crippen LogP contribution in [0.5, 0.6) is 0 Å². The molecule has 0 amide bonds. The Kier molecular flexibility index (Phi) is 5.17. The molecule has 0 spiro atoms. The van der Waals surface area contributed by atoms with E-state index in [1.165, 1.54) is 0 Å². The van der Waals surface area contributed by atoms with E-state index in [2.05, 4.69) is 26.8 Å². The van der Waals surface area contributed by atoms with Crippen molar-refractivity contribution in [1.29, 1.82) is 5.26 Å². The number of hydrogen-bond acceptors (Lipinski definition) is 2. The molecule has 1 atom stereocenters. The summed E-state index contributed by atoms with van der Waals surface area (Å²) in [5.74, 6) is -0.338. The number of nitriles is 1. The van der Waals surface area contributed by atoms with Crippen LogP contribution in [0.2, 0.25) is 0 Å². The van der Waals surface area contributed by atoms with Crippen LogP contribution in [-0.4, -0.2) is 6.29 Å². The second kappa shape index (κ2) is 5.65. The molecule has 2 heteroatoms. The lowest BCUT2D eigenvalue weighted by Gasteiger charge is -2.23. The van der Waals surface area contributed by atoms with Crippen molar-refractivity contribution in [1.82, 2.24) is 0 Å². The molecule has 0 aromatic carbocycles. The maximum absolute atomic E-state index is 10.8. The van der Waals surface area contributed by atoms with Crippen molar-refractivity contribution in [2.75, 3.05) is 0 Å². The van der Waals surface area contributed by atoms with E-state index in [4.69, 9.17) is 0 Å². The maximum Gasteiger partial charge on any atom is 0.127 e. The van der Waals surface area contributed by atoms with Crippen LogP contribution in [0.25, 0.3) is 0 Å². The second-order valence-corrected chi connectivity index (χ2v) is 5.34. The van der Waals surface area contributed by atoms with E-state index in [1.807, 2.05) is 19.9 Å². The van der Waals surface area contributed by atoms with Crippen molar-refractivity contribution in [3.05, 3.63) is 22.8 Å². The lowest BCUT2D eigenvalue weighted by Crippen LogP contribution is -2.14. The van der Waals surface area contributed by atoms with E-state index in [-0.39, 0.29) is 11.3 Å². The van der Waals surface area contributed by atoms with E-state index in [0.29, 0.717) is 5.57 Å². The summed E-state index contributed by atoms with van der Waals surface area (Å²) < 4.78 is 0. The molecule has 0 rings (SSSR count). The molecule has 0 aliphatic carbocycles. The number of rotatable bonds is 3. The van der Waals surface area contributed by atoms with E-state index in [1.54, 1.807) is 6.92 Å². The van der Waals surface area contributed by atoms with Crippen LogP contribution in [0.4, 0.5) is 0 Å². The molecule has 0 fully saturated rings. The molecule has 0 radical (unpaired) electrons. The zero-order valence-corrected chi connectivity index (χ0v) is 11.1. The number of allylic oxidation sites excluding steroid dienone is 4. The second-order valence-electron chi connectivity index (χ2n) is 5.34. The zero-order chi connectivity index (χ0) is 12.9. The minimum atomic E-state index is -0.338. The molecule has 0 aliphatic rings. The first-order valence-electron chi connectivity index (χ1n) is 5.49. The smallest absolute Gasteiger partial charge is 0.127 e. The number of carbonyl (C=O) groups is 1. The Labute approximate surface area is 98.7 Å². The lowest BCUT2D eigenvalue weighted by molar-refractivity contribution is -0.109. The van der Waals surface area contributed by atoms with Crippen LogP contribution < -0.4 is 0 Å². The number of carbonyl (C=O) groups excluding carboxylic acids is 1. The maximum atomic E-state index is 10.8. The van der Waals surface area contributed by atoms with Gasteiger partial charge in [-0.15, -0.1) is 0 Å². The third-order valence-corrected chi connectivity index (χ3v) is 2.31. The first-order valence-corrected chi connectivity index (χ1v) is 5.49. The predicted octanol–water partition coefficient (Wildman–Crippen LogP) is 3.65. The molecule has 0 saturated heterocycles. The fourth-order valence-corrected chi connectivity index (χ4v) is 1.46. The monoisotopic (exact) mass is 219 g/mol. The van der Waals surface area contributed by atoms with Crippen LogP contribution >= 0.6 is 0 Å². The fourth-order valence-electron chi connectivity index (χ4n) is 1.46. The third-order valence-electron chi connectivity index (χ3n) is 2.31. The summed E-state index contributed by atoms with van der Waals surface area (Å²) in [5, 5.41) is 9.18. The van der Waals surface area contributed by atoms with Gasteiger partial charge in [-0.05, 0) is 24.8 Å². The Morgan fingerprint density at radius 3 is 2.06 bits per heavy atom. The normalized spacial score (nSPS) is 14.6. The van der Waals surface area contributed by atoms with E-state index in [0.717, 1.165) is 17.4 Å². The van der Waals surface area contributed by atoms with Gasteiger partial charge in [0.25, 0.3) is 0 Å². The van der Waals surface area contributed by atoms with Crippen LogP contribution in [0.3, 0.4) is 0 Å². The first-order chi connectivity index (χ1) is 7.23. The molecule has 0 aliphatic heterocycles. The third kappa shape index (κ3) is 4.02. The molecular formula is C14H21NO. The number of hydrogen-bond donors (Lipinski definition) is 0. The molecule has 0 N–H and O–H groups in total. The lowest BCUT2D eigenvalue weighted by atomic mass is 9.80. The van der Waals surface area contributed by atoms with Gasteiger partial charge in [-0.25, -0.2) is 0 Å². The minimum absolute atomic E-state index is 0.125. The summed E-state index contributed by atoms with van der Waals surface area (Å²) >= 11 is 0. The topological polar surface area (TPSA) is 40.9 Å². The van der Waals surface area contributed by atoms with Crippen molar-refractivity contribution in [3.8, 4) is 6.07 Å². The molecule has 0 aromatic rings. The molecule has 2 nitrogen and oxygen atoms in total. The van der Waals surface area contributed by atoms with Gasteiger partial charge in [0.15, 0.2) is 0 Å². The number of aldehydes is 1. The van der Waals surface area contributed by atoms with Gasteiger partial charge in [-0.2, -0.15) is 5.26 Å². The molecule has 0 heterocycles. The van der Waals surface area contributed by atoms with Gasteiger partial charge in [0.1, 0.15) is 6.29 Å². The van der Waals surface area contributed by atoms with Crippen molar-refractivity contribution in [2.24, 2.45) is 11.3 Å². The van der Waals surface area contributed by atoms with Gasteiger partial charge in [0.2, 0.25) is 0 Å². The van der Waals surface area contributed by atoms with Crippen molar-refractivity contribution < 1.29 is 4.79 Å². The molecule has 0 bridgehead atoms. The highest BCUT2D eigenvalue weighted by Crippen LogP contribution is 2.32. The van der Waals surface area contributed by atoms with Gasteiger partial charge in [-0.1, -0.05) is 39.3 Å². The van der Waals surface area contributed by atoms with Gasteiger partial charge in [-0.3, -0.25) is 0 Å². The van der Waals surface area contributed by atoms with E-state index >= 15 is 0 Å². The molecule has 88 valence electrons.